The molecule has 1 aliphatic heterocycles. The number of likely N-dealkylation sites (tertiary alicyclic amines) is 1. The normalized spacial score (nSPS) is 16.7. The maximum atomic E-state index is 5.11. The zero-order valence-corrected chi connectivity index (χ0v) is 18.5. The third kappa shape index (κ3) is 8.60. The van der Waals surface area contributed by atoms with E-state index < -0.39 is 0 Å². The molecule has 0 aliphatic carbocycles. The van der Waals surface area contributed by atoms with E-state index in [1.807, 2.05) is 7.05 Å². The number of hydrogen-bond acceptors (Lipinski definition) is 4. The molecule has 1 aromatic rings. The van der Waals surface area contributed by atoms with Gasteiger partial charge in [-0.15, -0.1) is 0 Å². The highest BCUT2D eigenvalue weighted by atomic mass is 79.9. The average molecular weight is 440 g/mol. The molecule has 0 radical (unpaired) electrons. The Morgan fingerprint density at radius 1 is 1.26 bits per heavy atom. The zero-order valence-electron chi connectivity index (χ0n) is 16.9. The van der Waals surface area contributed by atoms with Crippen LogP contribution in [-0.2, 0) is 11.3 Å². The Morgan fingerprint density at radius 2 is 1.96 bits per heavy atom. The van der Waals surface area contributed by atoms with Gasteiger partial charge in [-0.25, -0.2) is 0 Å². The molecule has 7 heteroatoms. The number of piperidine rings is 1. The minimum atomic E-state index is 0.489. The Morgan fingerprint density at radius 3 is 2.59 bits per heavy atom. The fraction of sp³-hybridized carbons (Fsp3) is 0.650. The zero-order chi connectivity index (χ0) is 19.5. The van der Waals surface area contributed by atoms with Crippen LogP contribution in [0.15, 0.2) is 33.7 Å². The van der Waals surface area contributed by atoms with Crippen LogP contribution < -0.4 is 10.6 Å². The molecule has 1 aliphatic rings. The van der Waals surface area contributed by atoms with E-state index in [-0.39, 0.29) is 0 Å². The Hall–Kier alpha value is -1.15. The first-order valence-electron chi connectivity index (χ1n) is 9.72. The quantitative estimate of drug-likeness (QED) is 0.456. The van der Waals surface area contributed by atoms with Gasteiger partial charge in [0.15, 0.2) is 5.96 Å². The van der Waals surface area contributed by atoms with Gasteiger partial charge in [0.2, 0.25) is 0 Å². The molecule has 152 valence electrons. The Bertz CT molecular complexity index is 558. The molecule has 1 saturated heterocycles. The number of aliphatic imine (C=N–C) groups is 1. The van der Waals surface area contributed by atoms with Crippen molar-refractivity contribution in [3.05, 3.63) is 34.3 Å². The number of hydrogen-bond donors (Lipinski definition) is 2. The fourth-order valence-electron chi connectivity index (χ4n) is 3.20. The van der Waals surface area contributed by atoms with E-state index in [1.54, 1.807) is 7.11 Å². The Labute approximate surface area is 172 Å². The van der Waals surface area contributed by atoms with E-state index in [1.165, 1.54) is 5.56 Å². The molecule has 27 heavy (non-hydrogen) atoms. The summed E-state index contributed by atoms with van der Waals surface area (Å²) < 4.78 is 6.25. The molecule has 6 nitrogen and oxygen atoms in total. The lowest BCUT2D eigenvalue weighted by Gasteiger charge is -2.33. The van der Waals surface area contributed by atoms with E-state index in [9.17, 15) is 0 Å². The molecule has 0 spiro atoms. The molecular formula is C20H34BrN5O. The van der Waals surface area contributed by atoms with E-state index in [4.69, 9.17) is 4.74 Å². The first-order valence-corrected chi connectivity index (χ1v) is 10.5. The van der Waals surface area contributed by atoms with Crippen LogP contribution in [0.25, 0.3) is 0 Å². The van der Waals surface area contributed by atoms with Crippen molar-refractivity contribution < 1.29 is 4.74 Å². The van der Waals surface area contributed by atoms with Crippen LogP contribution in [0.1, 0.15) is 18.4 Å². The van der Waals surface area contributed by atoms with Gasteiger partial charge in [0.05, 0.1) is 6.61 Å². The largest absolute Gasteiger partial charge is 0.383 e. The molecule has 0 unspecified atom stereocenters. The van der Waals surface area contributed by atoms with Gasteiger partial charge in [0, 0.05) is 63.9 Å². The van der Waals surface area contributed by atoms with Crippen molar-refractivity contribution in [1.82, 2.24) is 20.4 Å². The fourth-order valence-corrected chi connectivity index (χ4v) is 3.46. The van der Waals surface area contributed by atoms with Crippen LogP contribution in [0.5, 0.6) is 0 Å². The number of methoxy groups -OCH3 is 1. The molecule has 2 N–H and O–H groups in total. The van der Waals surface area contributed by atoms with Gasteiger partial charge in [-0.05, 0) is 37.6 Å². The Kier molecular flexibility index (Phi) is 10.1. The lowest BCUT2D eigenvalue weighted by Crippen LogP contribution is -2.49. The molecule has 0 atom stereocenters. The van der Waals surface area contributed by atoms with E-state index in [0.717, 1.165) is 69.1 Å². The molecule has 0 bridgehead atoms. The third-order valence-corrected chi connectivity index (χ3v) is 5.46. The van der Waals surface area contributed by atoms with Crippen molar-refractivity contribution in [3.8, 4) is 0 Å². The minimum Gasteiger partial charge on any atom is -0.383 e. The lowest BCUT2D eigenvalue weighted by atomic mass is 10.0. The Balaban J connectivity index is 1.65. The minimum absolute atomic E-state index is 0.489. The number of nitrogens with one attached hydrogen (secondary N) is 2. The smallest absolute Gasteiger partial charge is 0.191 e. The standard InChI is InChI=1S/C20H34BrN5O/c1-22-20(23-10-13-25(2)14-15-27-3)24-19-8-11-26(12-9-19)16-17-4-6-18(21)7-5-17/h4-7,19H,8-16H2,1-3H3,(H2,22,23,24). The van der Waals surface area contributed by atoms with Crippen molar-refractivity contribution in [2.24, 2.45) is 4.99 Å². The van der Waals surface area contributed by atoms with Crippen LogP contribution in [-0.4, -0.2) is 82.3 Å². The summed E-state index contributed by atoms with van der Waals surface area (Å²) in [6, 6.07) is 9.12. The van der Waals surface area contributed by atoms with Crippen LogP contribution >= 0.6 is 15.9 Å². The van der Waals surface area contributed by atoms with Gasteiger partial charge in [0.1, 0.15) is 0 Å². The van der Waals surface area contributed by atoms with Crippen LogP contribution in [0.3, 0.4) is 0 Å². The van der Waals surface area contributed by atoms with Gasteiger partial charge in [-0.2, -0.15) is 0 Å². The van der Waals surface area contributed by atoms with Crippen LogP contribution in [0.4, 0.5) is 0 Å². The highest BCUT2D eigenvalue weighted by Gasteiger charge is 2.20. The van der Waals surface area contributed by atoms with Gasteiger partial charge in [-0.1, -0.05) is 28.1 Å². The second-order valence-electron chi connectivity index (χ2n) is 7.12. The molecular weight excluding hydrogens is 406 g/mol. The summed E-state index contributed by atoms with van der Waals surface area (Å²) in [6.45, 7) is 6.82. The molecule has 1 fully saturated rings. The number of rotatable bonds is 9. The lowest BCUT2D eigenvalue weighted by molar-refractivity contribution is 0.162. The molecule has 2 rings (SSSR count). The van der Waals surface area contributed by atoms with Gasteiger partial charge in [-0.3, -0.25) is 9.89 Å². The van der Waals surface area contributed by atoms with Gasteiger partial charge in [0.25, 0.3) is 0 Å². The predicted octanol–water partition coefficient (Wildman–Crippen LogP) is 2.16. The second kappa shape index (κ2) is 12.3. The summed E-state index contributed by atoms with van der Waals surface area (Å²) in [5, 5.41) is 7.00. The molecule has 0 aromatic heterocycles. The number of guanidine groups is 1. The van der Waals surface area contributed by atoms with E-state index in [2.05, 4.69) is 72.7 Å². The number of ether oxygens (including phenoxy) is 1. The number of likely N-dealkylation sites (N-methyl/N-ethyl adjacent to an activating group) is 1. The van der Waals surface area contributed by atoms with Crippen molar-refractivity contribution in [2.45, 2.75) is 25.4 Å². The van der Waals surface area contributed by atoms with Crippen LogP contribution in [0.2, 0.25) is 0 Å². The molecule has 1 heterocycles. The monoisotopic (exact) mass is 439 g/mol. The average Bonchev–Trinajstić information content (AvgIpc) is 2.68. The number of nitrogens with zero attached hydrogens (tertiary/aromatic N) is 3. The summed E-state index contributed by atoms with van der Waals surface area (Å²) in [5.41, 5.74) is 1.37. The van der Waals surface area contributed by atoms with Crippen molar-refractivity contribution in [3.63, 3.8) is 0 Å². The van der Waals surface area contributed by atoms with Crippen LogP contribution in [0, 0.1) is 0 Å². The van der Waals surface area contributed by atoms with Gasteiger partial charge >= 0.3 is 0 Å². The predicted molar refractivity (Wildman–Crippen MR) is 116 cm³/mol. The molecule has 1 aromatic carbocycles. The van der Waals surface area contributed by atoms with Gasteiger partial charge < -0.3 is 20.3 Å². The second-order valence-corrected chi connectivity index (χ2v) is 8.03. The first-order chi connectivity index (χ1) is 13.1. The summed E-state index contributed by atoms with van der Waals surface area (Å²) in [5.74, 6) is 0.904. The summed E-state index contributed by atoms with van der Waals surface area (Å²) in [6.07, 6.45) is 2.29. The summed E-state index contributed by atoms with van der Waals surface area (Å²) in [7, 11) is 5.69. The van der Waals surface area contributed by atoms with Crippen molar-refractivity contribution in [2.75, 3.05) is 60.5 Å². The molecule has 0 amide bonds. The summed E-state index contributed by atoms with van der Waals surface area (Å²) in [4.78, 5) is 9.15. The number of benzene rings is 1. The van der Waals surface area contributed by atoms with E-state index in [0.29, 0.717) is 6.04 Å². The maximum absolute atomic E-state index is 5.11. The first kappa shape index (κ1) is 22.1. The number of halogens is 1. The molecule has 0 saturated carbocycles. The summed E-state index contributed by atoms with van der Waals surface area (Å²) >= 11 is 3.50. The highest BCUT2D eigenvalue weighted by molar-refractivity contribution is 9.10. The maximum Gasteiger partial charge on any atom is 0.191 e. The topological polar surface area (TPSA) is 52.1 Å². The third-order valence-electron chi connectivity index (χ3n) is 4.93. The van der Waals surface area contributed by atoms with Crippen molar-refractivity contribution in [1.29, 1.82) is 0 Å². The highest BCUT2D eigenvalue weighted by Crippen LogP contribution is 2.16. The van der Waals surface area contributed by atoms with E-state index >= 15 is 0 Å². The van der Waals surface area contributed by atoms with Crippen molar-refractivity contribution >= 4 is 21.9 Å². The SMILES string of the molecule is CN=C(NCCN(C)CCOC)NC1CCN(Cc2ccc(Br)cc2)CC1.